The molecule has 0 saturated heterocycles. The minimum Gasteiger partial charge on any atom is -0.494 e. The lowest BCUT2D eigenvalue weighted by Gasteiger charge is -2.24. The smallest absolute Gasteiger partial charge is 0.244 e. The Labute approximate surface area is 233 Å². The molecule has 0 spiro atoms. The van der Waals surface area contributed by atoms with Crippen molar-refractivity contribution in [1.29, 1.82) is 0 Å². The monoisotopic (exact) mass is 549 g/mol. The number of hydrogen-bond acceptors (Lipinski definition) is 7. The van der Waals surface area contributed by atoms with E-state index in [0.717, 1.165) is 5.56 Å². The standard InChI is InChI=1S/C30H35N3O7/c1-17(2)27(28(36)26-18(3)29(37)33-30(26)38)32-25(35)16-21(20-9-7-6-8-10-20)31-24(34)14-12-19-11-13-22(39-4)23(15-19)40-5/h6-15,17,21,27,33,37-38H,16H2,1-5H3,(H,31,34)(H,32,35)/t21-,27-/m0/s1. The van der Waals surface area contributed by atoms with Gasteiger partial charge in [-0.3, -0.25) is 19.4 Å². The molecule has 10 heteroatoms. The van der Waals surface area contributed by atoms with Crippen molar-refractivity contribution in [3.8, 4) is 23.3 Å². The van der Waals surface area contributed by atoms with Crippen LogP contribution in [0.4, 0.5) is 0 Å². The van der Waals surface area contributed by atoms with E-state index in [1.807, 2.05) is 6.07 Å². The van der Waals surface area contributed by atoms with Crippen LogP contribution in [-0.2, 0) is 9.59 Å². The number of methoxy groups -OCH3 is 2. The summed E-state index contributed by atoms with van der Waals surface area (Å²) >= 11 is 0. The van der Waals surface area contributed by atoms with Gasteiger partial charge in [0.25, 0.3) is 0 Å². The summed E-state index contributed by atoms with van der Waals surface area (Å²) in [5.74, 6) is -1.43. The maximum absolute atomic E-state index is 13.2. The Kier molecular flexibility index (Phi) is 9.97. The second-order valence-electron chi connectivity index (χ2n) is 9.60. The van der Waals surface area contributed by atoms with Gasteiger partial charge in [-0.15, -0.1) is 0 Å². The number of ether oxygens (including phenoxy) is 2. The van der Waals surface area contributed by atoms with Crippen molar-refractivity contribution in [2.75, 3.05) is 14.2 Å². The van der Waals surface area contributed by atoms with E-state index in [2.05, 4.69) is 15.6 Å². The van der Waals surface area contributed by atoms with Gasteiger partial charge in [0.2, 0.25) is 17.7 Å². The molecule has 10 nitrogen and oxygen atoms in total. The molecule has 0 fully saturated rings. The van der Waals surface area contributed by atoms with Crippen molar-refractivity contribution in [3.63, 3.8) is 0 Å². The fourth-order valence-electron chi connectivity index (χ4n) is 4.26. The van der Waals surface area contributed by atoms with Crippen molar-refractivity contribution in [3.05, 3.63) is 76.9 Å². The lowest BCUT2D eigenvalue weighted by atomic mass is 9.93. The molecule has 0 aliphatic rings. The van der Waals surface area contributed by atoms with E-state index in [1.165, 1.54) is 27.2 Å². The van der Waals surface area contributed by atoms with Crippen LogP contribution in [0.5, 0.6) is 23.3 Å². The Balaban J connectivity index is 1.76. The highest BCUT2D eigenvalue weighted by atomic mass is 16.5. The van der Waals surface area contributed by atoms with Gasteiger partial charge in [0.1, 0.15) is 0 Å². The molecule has 0 unspecified atom stereocenters. The van der Waals surface area contributed by atoms with E-state index in [0.29, 0.717) is 17.1 Å². The number of aromatic amines is 1. The predicted octanol–water partition coefficient (Wildman–Crippen LogP) is 4.04. The van der Waals surface area contributed by atoms with Crippen LogP contribution in [0.2, 0.25) is 0 Å². The minimum absolute atomic E-state index is 0.0790. The van der Waals surface area contributed by atoms with Crippen LogP contribution in [0.15, 0.2) is 54.6 Å². The summed E-state index contributed by atoms with van der Waals surface area (Å²) in [6.07, 6.45) is 2.84. The van der Waals surface area contributed by atoms with Crippen molar-refractivity contribution in [2.24, 2.45) is 5.92 Å². The van der Waals surface area contributed by atoms with Crippen LogP contribution < -0.4 is 20.1 Å². The summed E-state index contributed by atoms with van der Waals surface area (Å²) in [5.41, 5.74) is 1.54. The molecule has 2 atom stereocenters. The van der Waals surface area contributed by atoms with Crippen LogP contribution in [0.3, 0.4) is 0 Å². The first-order chi connectivity index (χ1) is 19.0. The van der Waals surface area contributed by atoms with Crippen LogP contribution in [0, 0.1) is 12.8 Å². The number of aromatic hydroxyl groups is 2. The molecule has 0 saturated carbocycles. The number of rotatable bonds is 12. The van der Waals surface area contributed by atoms with Gasteiger partial charge in [0.15, 0.2) is 23.2 Å². The number of H-pyrrole nitrogens is 1. The van der Waals surface area contributed by atoms with E-state index >= 15 is 0 Å². The molecule has 40 heavy (non-hydrogen) atoms. The molecule has 3 aromatic rings. The van der Waals surface area contributed by atoms with Crippen molar-refractivity contribution in [1.82, 2.24) is 15.6 Å². The lowest BCUT2D eigenvalue weighted by Crippen LogP contribution is -2.45. The molecule has 3 rings (SSSR count). The van der Waals surface area contributed by atoms with Gasteiger partial charge in [0.05, 0.1) is 38.3 Å². The third-order valence-electron chi connectivity index (χ3n) is 6.46. The second kappa shape index (κ2) is 13.4. The predicted molar refractivity (Wildman–Crippen MR) is 150 cm³/mol. The summed E-state index contributed by atoms with van der Waals surface area (Å²) in [7, 11) is 3.06. The average Bonchev–Trinajstić information content (AvgIpc) is 3.20. The summed E-state index contributed by atoms with van der Waals surface area (Å²) in [5, 5.41) is 25.6. The van der Waals surface area contributed by atoms with Gasteiger partial charge in [-0.1, -0.05) is 50.2 Å². The number of hydrogen-bond donors (Lipinski definition) is 5. The van der Waals surface area contributed by atoms with Crippen molar-refractivity contribution >= 4 is 23.7 Å². The molecular weight excluding hydrogens is 514 g/mol. The van der Waals surface area contributed by atoms with E-state index in [1.54, 1.807) is 62.4 Å². The van der Waals surface area contributed by atoms with E-state index in [4.69, 9.17) is 9.47 Å². The average molecular weight is 550 g/mol. The Bertz CT molecular complexity index is 1380. The SMILES string of the molecule is COc1ccc(C=CC(=O)N[C@@H](CC(=O)N[C@H](C(=O)c2c(O)[nH]c(O)c2C)C(C)C)c2ccccc2)cc1OC. The van der Waals surface area contributed by atoms with Crippen molar-refractivity contribution in [2.45, 2.75) is 39.3 Å². The normalized spacial score (nSPS) is 12.7. The number of ketones is 1. The fourth-order valence-corrected chi connectivity index (χ4v) is 4.26. The highest BCUT2D eigenvalue weighted by molar-refractivity contribution is 6.05. The van der Waals surface area contributed by atoms with Crippen molar-refractivity contribution < 1.29 is 34.1 Å². The molecule has 2 amide bonds. The number of amides is 2. The second-order valence-corrected chi connectivity index (χ2v) is 9.60. The zero-order valence-electron chi connectivity index (χ0n) is 23.1. The zero-order chi connectivity index (χ0) is 29.4. The maximum atomic E-state index is 13.2. The Morgan fingerprint density at radius 3 is 2.20 bits per heavy atom. The summed E-state index contributed by atoms with van der Waals surface area (Å²) < 4.78 is 10.5. The highest BCUT2D eigenvalue weighted by Gasteiger charge is 2.31. The fraction of sp³-hybridized carbons (Fsp3) is 0.300. The van der Waals surface area contributed by atoms with Gasteiger partial charge >= 0.3 is 0 Å². The van der Waals surface area contributed by atoms with Gasteiger partial charge in [-0.05, 0) is 42.2 Å². The first-order valence-corrected chi connectivity index (χ1v) is 12.7. The maximum Gasteiger partial charge on any atom is 0.244 e. The molecule has 5 N–H and O–H groups in total. The number of carbonyl (C=O) groups is 3. The summed E-state index contributed by atoms with van der Waals surface area (Å²) in [6.45, 7) is 5.02. The van der Waals surface area contributed by atoms with Gasteiger partial charge in [0, 0.05) is 11.6 Å². The molecular formula is C30H35N3O7. The lowest BCUT2D eigenvalue weighted by molar-refractivity contribution is -0.123. The quantitative estimate of drug-likeness (QED) is 0.169. The number of Topliss-reactive ketones (excluding diaryl/α,β-unsaturated/α-hetero) is 1. The van der Waals surface area contributed by atoms with Crippen LogP contribution in [-0.4, -0.2) is 53.1 Å². The first kappa shape index (κ1) is 29.8. The van der Waals surface area contributed by atoms with Crippen LogP contribution in [0.1, 0.15) is 53.4 Å². The first-order valence-electron chi connectivity index (χ1n) is 12.7. The number of nitrogens with one attached hydrogen (secondary N) is 3. The highest BCUT2D eigenvalue weighted by Crippen LogP contribution is 2.30. The molecule has 0 aliphatic carbocycles. The number of aromatic nitrogens is 1. The molecule has 1 heterocycles. The third kappa shape index (κ3) is 7.22. The molecule has 0 radical (unpaired) electrons. The van der Waals surface area contributed by atoms with Gasteiger partial charge in [-0.2, -0.15) is 0 Å². The third-order valence-corrected chi connectivity index (χ3v) is 6.46. The number of carbonyl (C=O) groups excluding carboxylic acids is 3. The summed E-state index contributed by atoms with van der Waals surface area (Å²) in [6, 6.07) is 12.6. The van der Waals surface area contributed by atoms with Gasteiger partial charge < -0.3 is 30.3 Å². The number of benzene rings is 2. The molecule has 212 valence electrons. The largest absolute Gasteiger partial charge is 0.494 e. The Morgan fingerprint density at radius 1 is 0.950 bits per heavy atom. The molecule has 2 aromatic carbocycles. The molecule has 1 aromatic heterocycles. The van der Waals surface area contributed by atoms with Crippen LogP contribution in [0.25, 0.3) is 6.08 Å². The molecule has 0 aliphatic heterocycles. The topological polar surface area (TPSA) is 150 Å². The van der Waals surface area contributed by atoms with Gasteiger partial charge in [-0.25, -0.2) is 0 Å². The zero-order valence-corrected chi connectivity index (χ0v) is 23.1. The van der Waals surface area contributed by atoms with Crippen LogP contribution >= 0.6 is 0 Å². The minimum atomic E-state index is -0.968. The van der Waals surface area contributed by atoms with E-state index in [9.17, 15) is 24.6 Å². The Hall–Kier alpha value is -4.73. The van der Waals surface area contributed by atoms with E-state index < -0.39 is 35.6 Å². The molecule has 0 bridgehead atoms. The van der Waals surface area contributed by atoms with E-state index in [-0.39, 0.29) is 29.3 Å². The Morgan fingerprint density at radius 2 is 1.62 bits per heavy atom. The summed E-state index contributed by atoms with van der Waals surface area (Å²) in [4.78, 5) is 41.6.